The van der Waals surface area contributed by atoms with Crippen molar-refractivity contribution in [3.05, 3.63) is 16.8 Å². The summed E-state index contributed by atoms with van der Waals surface area (Å²) in [5.74, 6) is 0.0180. The summed E-state index contributed by atoms with van der Waals surface area (Å²) >= 11 is 10.5. The minimum atomic E-state index is -0.156. The van der Waals surface area contributed by atoms with Crippen LogP contribution < -0.4 is 11.4 Å². The summed E-state index contributed by atoms with van der Waals surface area (Å²) in [7, 11) is 0. The zero-order valence-electron chi connectivity index (χ0n) is 5.20. The van der Waals surface area contributed by atoms with Crippen molar-refractivity contribution in [2.75, 3.05) is 5.73 Å². The lowest BCUT2D eigenvalue weighted by Gasteiger charge is -2.00. The number of halogens is 2. The molecule has 11 heavy (non-hydrogen) atoms. The summed E-state index contributed by atoms with van der Waals surface area (Å²) in [5.41, 5.74) is 5.11. The van der Waals surface area contributed by atoms with Gasteiger partial charge in [-0.3, -0.25) is 0 Å². The highest BCUT2D eigenvalue weighted by atomic mass is 35.5. The van der Waals surface area contributed by atoms with Crippen LogP contribution in [0.25, 0.3) is 0 Å². The lowest BCUT2D eigenvalue weighted by Crippen LogP contribution is -2.24. The molecule has 1 heterocycles. The van der Waals surface area contributed by atoms with Gasteiger partial charge >= 0.3 is 0 Å². The standard InChI is InChI=1S/C4H4Cl2N4O/c5-2-1-3(7)10(11)4(8-2)9-6/h1,11H,7H2. The molecule has 0 aliphatic heterocycles. The van der Waals surface area contributed by atoms with E-state index in [1.54, 1.807) is 0 Å². The van der Waals surface area contributed by atoms with Crippen LogP contribution in [0, 0.1) is 0 Å². The molecule has 1 rings (SSSR count). The molecule has 0 spiro atoms. The molecule has 1 aromatic heterocycles. The van der Waals surface area contributed by atoms with Gasteiger partial charge in [0.2, 0.25) is 0 Å². The molecule has 0 radical (unpaired) electrons. The van der Waals surface area contributed by atoms with E-state index < -0.39 is 0 Å². The van der Waals surface area contributed by atoms with Gasteiger partial charge in [0.1, 0.15) is 11.0 Å². The number of hydrogen-bond donors (Lipinski definition) is 2. The molecule has 0 unspecified atom stereocenters. The van der Waals surface area contributed by atoms with Gasteiger partial charge in [0.15, 0.2) is 0 Å². The van der Waals surface area contributed by atoms with Gasteiger partial charge in [0, 0.05) is 17.8 Å². The fourth-order valence-corrected chi connectivity index (χ4v) is 0.825. The second-order valence-electron chi connectivity index (χ2n) is 1.70. The van der Waals surface area contributed by atoms with E-state index >= 15 is 0 Å². The maximum atomic E-state index is 9.01. The van der Waals surface area contributed by atoms with Gasteiger partial charge in [0.25, 0.3) is 5.62 Å². The van der Waals surface area contributed by atoms with Gasteiger partial charge < -0.3 is 10.9 Å². The third-order valence-corrected chi connectivity index (χ3v) is 1.33. The van der Waals surface area contributed by atoms with Crippen LogP contribution >= 0.6 is 23.4 Å². The molecule has 0 aliphatic carbocycles. The topological polar surface area (TPSA) is 76.4 Å². The van der Waals surface area contributed by atoms with Gasteiger partial charge in [-0.1, -0.05) is 11.6 Å². The van der Waals surface area contributed by atoms with E-state index in [4.69, 9.17) is 34.3 Å². The Kier molecular flexibility index (Phi) is 2.21. The van der Waals surface area contributed by atoms with Crippen molar-refractivity contribution in [1.29, 1.82) is 0 Å². The van der Waals surface area contributed by atoms with Crippen molar-refractivity contribution in [2.45, 2.75) is 0 Å². The monoisotopic (exact) mass is 194 g/mol. The Morgan fingerprint density at radius 3 is 2.91 bits per heavy atom. The summed E-state index contributed by atoms with van der Waals surface area (Å²) in [6.07, 6.45) is 0. The van der Waals surface area contributed by atoms with Crippen molar-refractivity contribution in [2.24, 2.45) is 4.51 Å². The number of nitrogens with two attached hydrogens (primary N) is 1. The molecule has 5 nitrogen and oxygen atoms in total. The Morgan fingerprint density at radius 2 is 2.36 bits per heavy atom. The first kappa shape index (κ1) is 8.16. The van der Waals surface area contributed by atoms with Crippen molar-refractivity contribution < 1.29 is 5.21 Å². The molecule has 0 aliphatic rings. The molecular weight excluding hydrogens is 191 g/mol. The number of nitrogen functional groups attached to an aromatic ring is 1. The Hall–Kier alpha value is -0.940. The Balaban J connectivity index is 3.50. The summed E-state index contributed by atoms with van der Waals surface area (Å²) in [5, 5.41) is 9.13. The van der Waals surface area contributed by atoms with E-state index in [1.807, 2.05) is 0 Å². The first-order valence-corrected chi connectivity index (χ1v) is 3.26. The predicted octanol–water partition coefficient (Wildman–Crippen LogP) is 0.410. The summed E-state index contributed by atoms with van der Waals surface area (Å²) < 4.78 is 3.63. The molecule has 0 bridgehead atoms. The van der Waals surface area contributed by atoms with Gasteiger partial charge in [-0.25, -0.2) is 0 Å². The van der Waals surface area contributed by atoms with Gasteiger partial charge in [-0.05, 0) is 0 Å². The summed E-state index contributed by atoms with van der Waals surface area (Å²) in [6.45, 7) is 0. The van der Waals surface area contributed by atoms with Gasteiger partial charge in [0.05, 0.1) is 0 Å². The van der Waals surface area contributed by atoms with Crippen LogP contribution in [-0.2, 0) is 0 Å². The minimum Gasteiger partial charge on any atom is -0.423 e. The van der Waals surface area contributed by atoms with E-state index in [1.165, 1.54) is 6.07 Å². The van der Waals surface area contributed by atoms with Crippen LogP contribution in [0.3, 0.4) is 0 Å². The maximum absolute atomic E-state index is 9.01. The fraction of sp³-hybridized carbons (Fsp3) is 0. The Morgan fingerprint density at radius 1 is 1.73 bits per heavy atom. The SMILES string of the molecule is Nc1cc(Cl)nc(=NCl)n1O. The average molecular weight is 195 g/mol. The Bertz CT molecular complexity index is 333. The highest BCUT2D eigenvalue weighted by molar-refractivity contribution is 6.29. The maximum Gasteiger partial charge on any atom is 0.278 e. The normalized spacial score (nSPS) is 12.0. The molecule has 0 saturated heterocycles. The van der Waals surface area contributed by atoms with Crippen molar-refractivity contribution in [3.63, 3.8) is 0 Å². The number of nitrogens with zero attached hydrogens (tertiary/aromatic N) is 3. The lowest BCUT2D eigenvalue weighted by atomic mass is 10.6. The summed E-state index contributed by atoms with van der Waals surface area (Å²) in [4.78, 5) is 3.55. The molecule has 0 fully saturated rings. The zero-order chi connectivity index (χ0) is 8.43. The van der Waals surface area contributed by atoms with Crippen LogP contribution in [0.2, 0.25) is 5.15 Å². The predicted molar refractivity (Wildman–Crippen MR) is 40.2 cm³/mol. The Labute approximate surface area is 71.8 Å². The quantitative estimate of drug-likeness (QED) is 0.464. The van der Waals surface area contributed by atoms with E-state index in [9.17, 15) is 0 Å². The number of aromatic nitrogens is 2. The van der Waals surface area contributed by atoms with E-state index in [2.05, 4.69) is 9.50 Å². The third-order valence-electron chi connectivity index (χ3n) is 0.983. The molecule has 0 saturated carbocycles. The molecule has 0 amide bonds. The number of hydrogen-bond acceptors (Lipinski definition) is 4. The molecule has 3 N–H and O–H groups in total. The minimum absolute atomic E-state index is 0.0180. The second kappa shape index (κ2) is 2.98. The van der Waals surface area contributed by atoms with E-state index in [-0.39, 0.29) is 16.6 Å². The van der Waals surface area contributed by atoms with Gasteiger partial charge in [-0.2, -0.15) is 4.98 Å². The first-order chi connectivity index (χ1) is 5.15. The van der Waals surface area contributed by atoms with Crippen LogP contribution in [0.15, 0.2) is 10.6 Å². The summed E-state index contributed by atoms with van der Waals surface area (Å²) in [6, 6.07) is 1.27. The number of rotatable bonds is 0. The van der Waals surface area contributed by atoms with Crippen molar-refractivity contribution in [1.82, 2.24) is 9.71 Å². The van der Waals surface area contributed by atoms with Gasteiger partial charge in [-0.15, -0.1) is 9.24 Å². The van der Waals surface area contributed by atoms with E-state index in [0.29, 0.717) is 4.73 Å². The molecule has 0 aromatic carbocycles. The van der Waals surface area contributed by atoms with Crippen molar-refractivity contribution >= 4 is 29.2 Å². The average Bonchev–Trinajstić information content (AvgIpc) is 1.96. The second-order valence-corrected chi connectivity index (χ2v) is 2.26. The smallest absolute Gasteiger partial charge is 0.278 e. The zero-order valence-corrected chi connectivity index (χ0v) is 6.71. The molecule has 1 aromatic rings. The molecular formula is C4H4Cl2N4O. The molecule has 0 atom stereocenters. The largest absolute Gasteiger partial charge is 0.423 e. The first-order valence-electron chi connectivity index (χ1n) is 2.54. The molecule has 7 heteroatoms. The highest BCUT2D eigenvalue weighted by Gasteiger charge is 1.99. The lowest BCUT2D eigenvalue weighted by molar-refractivity contribution is 0.174. The van der Waals surface area contributed by atoms with Crippen LogP contribution in [0.1, 0.15) is 0 Å². The van der Waals surface area contributed by atoms with Crippen LogP contribution in [0.4, 0.5) is 5.82 Å². The van der Waals surface area contributed by atoms with Crippen LogP contribution in [0.5, 0.6) is 0 Å². The highest BCUT2D eigenvalue weighted by Crippen LogP contribution is 2.04. The van der Waals surface area contributed by atoms with Crippen LogP contribution in [-0.4, -0.2) is 14.9 Å². The third kappa shape index (κ3) is 1.55. The molecule has 60 valence electrons. The fourth-order valence-electron chi connectivity index (χ4n) is 0.529. The van der Waals surface area contributed by atoms with Crippen molar-refractivity contribution in [3.8, 4) is 0 Å². The number of anilines is 1. The van der Waals surface area contributed by atoms with E-state index in [0.717, 1.165) is 0 Å².